The Labute approximate surface area is 186 Å². The summed E-state index contributed by atoms with van der Waals surface area (Å²) in [5.74, 6) is -1.08. The fraction of sp³-hybridized carbons (Fsp3) is 0.182. The highest BCUT2D eigenvalue weighted by atomic mass is 32.2. The molecular weight excluding hydrogens is 453 g/mol. The van der Waals surface area contributed by atoms with Gasteiger partial charge in [0.15, 0.2) is 0 Å². The first-order valence-corrected chi connectivity index (χ1v) is 12.4. The Kier molecular flexibility index (Phi) is 5.98. The number of aromatic nitrogens is 2. The number of nitrogens with zero attached hydrogens (tertiary/aromatic N) is 1. The Balaban J connectivity index is 1.58. The standard InChI is InChI=1S/C22H20FN3O4S2/c1-14-21(31(27)28)3-2-4-22(14)32(29,30)26-17-10-12-20-18(13-17)19(24-25-20)11-7-15-5-8-16(23)9-6-15/h2-6,8-10,12-14,26H,7,11H2,1H3,(H,24,25). The lowest BCUT2D eigenvalue weighted by Crippen LogP contribution is -2.25. The molecule has 1 heterocycles. The maximum Gasteiger partial charge on any atom is 0.258 e. The second kappa shape index (κ2) is 8.71. The predicted molar refractivity (Wildman–Crippen MR) is 123 cm³/mol. The molecule has 0 amide bonds. The molecule has 0 radical (unpaired) electrons. The number of aromatic amines is 1. The maximum atomic E-state index is 13.1. The molecule has 1 aromatic heterocycles. The average Bonchev–Trinajstić information content (AvgIpc) is 3.15. The van der Waals surface area contributed by atoms with Crippen molar-refractivity contribution in [1.29, 1.82) is 0 Å². The van der Waals surface area contributed by atoms with E-state index in [4.69, 9.17) is 0 Å². The number of H-pyrrole nitrogens is 1. The Morgan fingerprint density at radius 2 is 1.88 bits per heavy atom. The molecular formula is C22H20FN3O4S2. The number of hydrogen-bond acceptors (Lipinski definition) is 5. The van der Waals surface area contributed by atoms with Crippen LogP contribution in [0.1, 0.15) is 18.2 Å². The van der Waals surface area contributed by atoms with Gasteiger partial charge in [0.05, 0.1) is 15.3 Å². The Bertz CT molecular complexity index is 1480. The predicted octanol–water partition coefficient (Wildman–Crippen LogP) is 3.37. The molecule has 1 unspecified atom stereocenters. The van der Waals surface area contributed by atoms with Gasteiger partial charge in [-0.15, -0.1) is 0 Å². The number of allylic oxidation sites excluding steroid dienone is 4. The van der Waals surface area contributed by atoms with E-state index in [1.165, 1.54) is 37.3 Å². The van der Waals surface area contributed by atoms with Crippen LogP contribution >= 0.6 is 0 Å². The van der Waals surface area contributed by atoms with Crippen molar-refractivity contribution in [1.82, 2.24) is 10.2 Å². The minimum atomic E-state index is -3.98. The SMILES string of the molecule is CC1C(S(=O)(=O)Nc2ccc3n[nH]c(CCc4ccc(F)cc4)c3c2)=CC=CC1=S(=O)=O. The summed E-state index contributed by atoms with van der Waals surface area (Å²) in [7, 11) is -6.48. The van der Waals surface area contributed by atoms with Crippen LogP contribution < -0.4 is 4.72 Å². The molecule has 0 saturated heterocycles. The molecule has 1 aliphatic carbocycles. The second-order valence-electron chi connectivity index (χ2n) is 7.45. The van der Waals surface area contributed by atoms with Crippen molar-refractivity contribution in [3.63, 3.8) is 0 Å². The molecule has 166 valence electrons. The zero-order valence-electron chi connectivity index (χ0n) is 17.0. The summed E-state index contributed by atoms with van der Waals surface area (Å²) in [4.78, 5) is -0.00994. The summed E-state index contributed by atoms with van der Waals surface area (Å²) < 4.78 is 64.3. The number of aryl methyl sites for hydroxylation is 2. The number of hydrogen-bond donors (Lipinski definition) is 2. The van der Waals surface area contributed by atoms with Gasteiger partial charge in [-0.1, -0.05) is 25.1 Å². The summed E-state index contributed by atoms with van der Waals surface area (Å²) in [5, 5.41) is 8.01. The summed E-state index contributed by atoms with van der Waals surface area (Å²) >= 11 is 0. The van der Waals surface area contributed by atoms with Crippen LogP contribution in [0, 0.1) is 11.7 Å². The van der Waals surface area contributed by atoms with E-state index in [0.29, 0.717) is 24.0 Å². The number of nitrogens with one attached hydrogen (secondary N) is 2. The number of rotatable bonds is 6. The second-order valence-corrected chi connectivity index (χ2v) is 10.1. The summed E-state index contributed by atoms with van der Waals surface area (Å²) in [6, 6.07) is 11.3. The van der Waals surface area contributed by atoms with E-state index in [1.54, 1.807) is 30.3 Å². The molecule has 0 saturated carbocycles. The lowest BCUT2D eigenvalue weighted by Gasteiger charge is -2.18. The van der Waals surface area contributed by atoms with E-state index >= 15 is 0 Å². The largest absolute Gasteiger partial charge is 0.281 e. The van der Waals surface area contributed by atoms with E-state index in [9.17, 15) is 21.2 Å². The van der Waals surface area contributed by atoms with Crippen molar-refractivity contribution in [2.75, 3.05) is 4.72 Å². The molecule has 3 aromatic rings. The van der Waals surface area contributed by atoms with Crippen LogP contribution in [0.15, 0.2) is 65.6 Å². The topological polar surface area (TPSA) is 109 Å². The van der Waals surface area contributed by atoms with Gasteiger partial charge in [0.1, 0.15) is 5.82 Å². The van der Waals surface area contributed by atoms with Crippen molar-refractivity contribution in [2.24, 2.45) is 5.92 Å². The minimum Gasteiger partial charge on any atom is -0.281 e. The zero-order chi connectivity index (χ0) is 22.9. The molecule has 0 aliphatic heterocycles. The number of sulfonamides is 1. The van der Waals surface area contributed by atoms with E-state index in [1.807, 2.05) is 0 Å². The van der Waals surface area contributed by atoms with E-state index < -0.39 is 26.2 Å². The van der Waals surface area contributed by atoms with Crippen LogP contribution in [-0.2, 0) is 33.2 Å². The monoisotopic (exact) mass is 473 g/mol. The average molecular weight is 474 g/mol. The minimum absolute atomic E-state index is 0.0150. The number of fused-ring (bicyclic) bond motifs is 1. The van der Waals surface area contributed by atoms with Gasteiger partial charge < -0.3 is 0 Å². The third kappa shape index (κ3) is 4.51. The molecule has 2 aromatic carbocycles. The fourth-order valence-corrected chi connectivity index (χ4v) is 5.73. The number of anilines is 1. The summed E-state index contributed by atoms with van der Waals surface area (Å²) in [6.07, 6.45) is 5.46. The van der Waals surface area contributed by atoms with Crippen LogP contribution in [0.3, 0.4) is 0 Å². The molecule has 0 bridgehead atoms. The van der Waals surface area contributed by atoms with Crippen molar-refractivity contribution in [3.8, 4) is 0 Å². The van der Waals surface area contributed by atoms with Gasteiger partial charge in [-0.25, -0.2) is 12.8 Å². The van der Waals surface area contributed by atoms with Gasteiger partial charge in [0.25, 0.3) is 10.0 Å². The highest BCUT2D eigenvalue weighted by molar-refractivity contribution is 7.96. The first kappa shape index (κ1) is 22.0. The Morgan fingerprint density at radius 3 is 2.59 bits per heavy atom. The molecule has 2 N–H and O–H groups in total. The smallest absolute Gasteiger partial charge is 0.258 e. The van der Waals surface area contributed by atoms with Crippen molar-refractivity contribution in [2.45, 2.75) is 19.8 Å². The van der Waals surface area contributed by atoms with Gasteiger partial charge >= 0.3 is 0 Å². The quantitative estimate of drug-likeness (QED) is 0.534. The Hall–Kier alpha value is -3.24. The van der Waals surface area contributed by atoms with Gasteiger partial charge in [-0.05, 0) is 60.9 Å². The van der Waals surface area contributed by atoms with Crippen LogP contribution in [-0.4, -0.2) is 31.9 Å². The van der Waals surface area contributed by atoms with Crippen LogP contribution in [0.5, 0.6) is 0 Å². The van der Waals surface area contributed by atoms with E-state index in [2.05, 4.69) is 14.9 Å². The normalized spacial score (nSPS) is 16.2. The highest BCUT2D eigenvalue weighted by Gasteiger charge is 2.28. The van der Waals surface area contributed by atoms with Crippen molar-refractivity contribution in [3.05, 3.63) is 82.7 Å². The molecule has 0 fully saturated rings. The first-order valence-electron chi connectivity index (χ1n) is 9.83. The van der Waals surface area contributed by atoms with Gasteiger partial charge in [0, 0.05) is 22.7 Å². The molecule has 4 rings (SSSR count). The van der Waals surface area contributed by atoms with Crippen LogP contribution in [0.4, 0.5) is 10.1 Å². The summed E-state index contributed by atoms with van der Waals surface area (Å²) in [5.41, 5.74) is 2.83. The molecule has 1 atom stereocenters. The molecule has 10 heteroatoms. The lowest BCUT2D eigenvalue weighted by atomic mass is 10.0. The highest BCUT2D eigenvalue weighted by Crippen LogP contribution is 2.27. The van der Waals surface area contributed by atoms with Gasteiger partial charge in [0.2, 0.25) is 10.3 Å². The number of benzene rings is 2. The van der Waals surface area contributed by atoms with Gasteiger partial charge in [-0.2, -0.15) is 13.5 Å². The van der Waals surface area contributed by atoms with Crippen molar-refractivity contribution >= 4 is 41.8 Å². The van der Waals surface area contributed by atoms with Gasteiger partial charge in [-0.3, -0.25) is 9.82 Å². The zero-order valence-corrected chi connectivity index (χ0v) is 18.7. The Morgan fingerprint density at radius 1 is 1.12 bits per heavy atom. The molecule has 0 spiro atoms. The fourth-order valence-electron chi connectivity index (χ4n) is 3.64. The molecule has 7 nitrogen and oxygen atoms in total. The summed E-state index contributed by atoms with van der Waals surface area (Å²) in [6.45, 7) is 1.53. The van der Waals surface area contributed by atoms with Crippen LogP contribution in [0.2, 0.25) is 0 Å². The third-order valence-electron chi connectivity index (χ3n) is 5.34. The van der Waals surface area contributed by atoms with Crippen molar-refractivity contribution < 1.29 is 21.2 Å². The van der Waals surface area contributed by atoms with Crippen LogP contribution in [0.25, 0.3) is 10.9 Å². The number of halogens is 1. The third-order valence-corrected chi connectivity index (χ3v) is 7.83. The molecule has 1 aliphatic rings. The first-order chi connectivity index (χ1) is 15.2. The molecule has 32 heavy (non-hydrogen) atoms. The van der Waals surface area contributed by atoms with E-state index in [-0.39, 0.29) is 15.6 Å². The lowest BCUT2D eigenvalue weighted by molar-refractivity contribution is 0.603. The van der Waals surface area contributed by atoms with E-state index in [0.717, 1.165) is 16.6 Å². The maximum absolute atomic E-state index is 13.1.